The van der Waals surface area contributed by atoms with Gasteiger partial charge in [-0.15, -0.1) is 0 Å². The molecule has 0 heterocycles. The number of carboxylic acid groups (broad SMARTS) is 1. The Morgan fingerprint density at radius 1 is 1.67 bits per heavy atom. The Morgan fingerprint density at radius 3 is 2.67 bits per heavy atom. The van der Waals surface area contributed by atoms with E-state index in [0.717, 1.165) is 6.42 Å². The molecule has 0 radical (unpaired) electrons. The molecule has 0 saturated heterocycles. The monoisotopic (exact) mass is 172 g/mol. The first-order chi connectivity index (χ1) is 5.72. The number of hydrogen-bond acceptors (Lipinski definition) is 2. The number of rotatable bonds is 5. The smallest absolute Gasteiger partial charge is 0.305 e. The molecule has 0 aromatic carbocycles. The number of carboxylic acids is 1. The van der Waals surface area contributed by atoms with E-state index in [1.165, 1.54) is 19.3 Å². The predicted molar refractivity (Wildman–Crippen MR) is 45.0 cm³/mol. The van der Waals surface area contributed by atoms with Crippen molar-refractivity contribution < 1.29 is 14.6 Å². The molecule has 3 nitrogen and oxygen atoms in total. The molecule has 1 aliphatic rings. The van der Waals surface area contributed by atoms with E-state index in [1.807, 2.05) is 0 Å². The van der Waals surface area contributed by atoms with Crippen molar-refractivity contribution >= 4 is 5.97 Å². The summed E-state index contributed by atoms with van der Waals surface area (Å²) < 4.78 is 5.09. The van der Waals surface area contributed by atoms with Crippen LogP contribution in [-0.4, -0.2) is 24.3 Å². The Morgan fingerprint density at radius 2 is 2.33 bits per heavy atom. The van der Waals surface area contributed by atoms with Crippen molar-refractivity contribution in [3.8, 4) is 0 Å². The van der Waals surface area contributed by atoms with Crippen molar-refractivity contribution in [3.05, 3.63) is 0 Å². The van der Waals surface area contributed by atoms with Gasteiger partial charge in [0.15, 0.2) is 0 Å². The summed E-state index contributed by atoms with van der Waals surface area (Å²) in [5.41, 5.74) is 0. The number of methoxy groups -OCH3 is 1. The molecule has 70 valence electrons. The quantitative estimate of drug-likeness (QED) is 0.686. The summed E-state index contributed by atoms with van der Waals surface area (Å²) >= 11 is 0. The summed E-state index contributed by atoms with van der Waals surface area (Å²) in [6, 6.07) is 0. The Bertz CT molecular complexity index is 152. The fourth-order valence-corrected chi connectivity index (χ4v) is 1.56. The molecule has 1 atom stereocenters. The van der Waals surface area contributed by atoms with E-state index in [4.69, 9.17) is 9.84 Å². The molecular weight excluding hydrogens is 156 g/mol. The van der Waals surface area contributed by atoms with Crippen LogP contribution in [0.15, 0.2) is 0 Å². The lowest BCUT2D eigenvalue weighted by Crippen LogP contribution is -2.23. The van der Waals surface area contributed by atoms with Crippen molar-refractivity contribution in [2.24, 2.45) is 5.92 Å². The van der Waals surface area contributed by atoms with Crippen LogP contribution in [-0.2, 0) is 9.53 Å². The minimum absolute atomic E-state index is 0.0761. The van der Waals surface area contributed by atoms with E-state index >= 15 is 0 Å². The lowest BCUT2D eigenvalue weighted by atomic mass is 9.81. The van der Waals surface area contributed by atoms with Crippen LogP contribution in [0.25, 0.3) is 0 Å². The van der Waals surface area contributed by atoms with E-state index < -0.39 is 5.97 Å². The molecular formula is C9H16O3. The third-order valence-electron chi connectivity index (χ3n) is 2.56. The van der Waals surface area contributed by atoms with Crippen LogP contribution in [0.1, 0.15) is 32.1 Å². The van der Waals surface area contributed by atoms with Gasteiger partial charge in [-0.25, -0.2) is 0 Å². The van der Waals surface area contributed by atoms with Gasteiger partial charge in [-0.3, -0.25) is 4.79 Å². The maximum absolute atomic E-state index is 10.4. The fraction of sp³-hybridized carbons (Fsp3) is 0.889. The highest BCUT2D eigenvalue weighted by atomic mass is 16.5. The molecule has 0 aliphatic heterocycles. The van der Waals surface area contributed by atoms with E-state index in [-0.39, 0.29) is 12.5 Å². The lowest BCUT2D eigenvalue weighted by molar-refractivity contribution is -0.140. The Balaban J connectivity index is 2.19. The molecule has 1 aliphatic carbocycles. The van der Waals surface area contributed by atoms with E-state index in [9.17, 15) is 4.79 Å². The first-order valence-electron chi connectivity index (χ1n) is 4.47. The summed E-state index contributed by atoms with van der Waals surface area (Å²) in [4.78, 5) is 10.4. The summed E-state index contributed by atoms with van der Waals surface area (Å²) in [5.74, 6) is -0.0459. The van der Waals surface area contributed by atoms with Gasteiger partial charge >= 0.3 is 5.97 Å². The van der Waals surface area contributed by atoms with Crippen LogP contribution >= 0.6 is 0 Å². The topological polar surface area (TPSA) is 46.5 Å². The van der Waals surface area contributed by atoms with Gasteiger partial charge in [-0.2, -0.15) is 0 Å². The first-order valence-corrected chi connectivity index (χ1v) is 4.47. The number of ether oxygens (including phenoxy) is 1. The van der Waals surface area contributed by atoms with Crippen molar-refractivity contribution in [3.63, 3.8) is 0 Å². The number of hydrogen-bond donors (Lipinski definition) is 1. The second-order valence-electron chi connectivity index (χ2n) is 3.49. The average Bonchev–Trinajstić information content (AvgIpc) is 1.93. The van der Waals surface area contributed by atoms with E-state index in [0.29, 0.717) is 5.92 Å². The van der Waals surface area contributed by atoms with Gasteiger partial charge in [0.1, 0.15) is 0 Å². The van der Waals surface area contributed by atoms with Crippen LogP contribution in [0.5, 0.6) is 0 Å². The van der Waals surface area contributed by atoms with Crippen LogP contribution in [0.3, 0.4) is 0 Å². The van der Waals surface area contributed by atoms with Crippen LogP contribution in [0.4, 0.5) is 0 Å². The van der Waals surface area contributed by atoms with E-state index in [2.05, 4.69) is 0 Å². The zero-order valence-electron chi connectivity index (χ0n) is 7.45. The van der Waals surface area contributed by atoms with Gasteiger partial charge < -0.3 is 9.84 Å². The molecule has 0 amide bonds. The molecule has 12 heavy (non-hydrogen) atoms. The van der Waals surface area contributed by atoms with Crippen molar-refractivity contribution in [2.75, 3.05) is 7.11 Å². The largest absolute Gasteiger partial charge is 0.481 e. The highest BCUT2D eigenvalue weighted by molar-refractivity contribution is 5.67. The molecule has 1 N–H and O–H groups in total. The third-order valence-corrected chi connectivity index (χ3v) is 2.56. The van der Waals surface area contributed by atoms with Crippen molar-refractivity contribution in [2.45, 2.75) is 38.2 Å². The molecule has 0 aromatic heterocycles. The van der Waals surface area contributed by atoms with Crippen LogP contribution in [0, 0.1) is 5.92 Å². The van der Waals surface area contributed by atoms with Gasteiger partial charge in [0.2, 0.25) is 0 Å². The second-order valence-corrected chi connectivity index (χ2v) is 3.49. The SMILES string of the molecule is COC(CC(=O)O)CC1CCC1. The molecule has 1 unspecified atom stereocenters. The second kappa shape index (κ2) is 4.45. The van der Waals surface area contributed by atoms with Crippen molar-refractivity contribution in [1.82, 2.24) is 0 Å². The van der Waals surface area contributed by atoms with Gasteiger partial charge in [0.05, 0.1) is 12.5 Å². The standard InChI is InChI=1S/C9H16O3/c1-12-8(6-9(10)11)5-7-3-2-4-7/h7-8H,2-6H2,1H3,(H,10,11). The number of aliphatic carboxylic acids is 1. The van der Waals surface area contributed by atoms with Gasteiger partial charge in [0.25, 0.3) is 0 Å². The molecule has 1 rings (SSSR count). The molecule has 3 heteroatoms. The molecule has 0 spiro atoms. The summed E-state index contributed by atoms with van der Waals surface area (Å²) in [6.07, 6.45) is 4.79. The molecule has 1 saturated carbocycles. The fourth-order valence-electron chi connectivity index (χ4n) is 1.56. The zero-order valence-corrected chi connectivity index (χ0v) is 7.45. The van der Waals surface area contributed by atoms with Gasteiger partial charge in [-0.05, 0) is 12.3 Å². The summed E-state index contributed by atoms with van der Waals surface area (Å²) in [7, 11) is 1.59. The Hall–Kier alpha value is -0.570. The maximum atomic E-state index is 10.4. The molecule has 0 aromatic rings. The zero-order chi connectivity index (χ0) is 8.97. The highest BCUT2D eigenvalue weighted by Gasteiger charge is 2.23. The number of carbonyl (C=O) groups is 1. The average molecular weight is 172 g/mol. The minimum Gasteiger partial charge on any atom is -0.481 e. The van der Waals surface area contributed by atoms with E-state index in [1.54, 1.807) is 7.11 Å². The Labute approximate surface area is 72.7 Å². The van der Waals surface area contributed by atoms with Crippen LogP contribution < -0.4 is 0 Å². The highest BCUT2D eigenvalue weighted by Crippen LogP contribution is 2.31. The maximum Gasteiger partial charge on any atom is 0.305 e. The minimum atomic E-state index is -0.763. The normalized spacial score (nSPS) is 20.1. The third kappa shape index (κ3) is 2.81. The van der Waals surface area contributed by atoms with Crippen molar-refractivity contribution in [1.29, 1.82) is 0 Å². The lowest BCUT2D eigenvalue weighted by Gasteiger charge is -2.28. The Kier molecular flexibility index (Phi) is 3.53. The predicted octanol–water partition coefficient (Wildman–Crippen LogP) is 1.67. The molecule has 1 fully saturated rings. The van der Waals surface area contributed by atoms with Gasteiger partial charge in [-0.1, -0.05) is 19.3 Å². The summed E-state index contributed by atoms with van der Waals surface area (Å²) in [6.45, 7) is 0. The van der Waals surface area contributed by atoms with Crippen LogP contribution in [0.2, 0.25) is 0 Å². The van der Waals surface area contributed by atoms with Gasteiger partial charge in [0, 0.05) is 7.11 Å². The molecule has 0 bridgehead atoms. The first kappa shape index (κ1) is 9.52. The summed E-state index contributed by atoms with van der Waals surface area (Å²) in [5, 5.41) is 8.54.